The van der Waals surface area contributed by atoms with Gasteiger partial charge in [-0.25, -0.2) is 15.0 Å². The maximum Gasteiger partial charge on any atom is 0.137 e. The summed E-state index contributed by atoms with van der Waals surface area (Å²) in [6.45, 7) is 2.80. The zero-order valence-corrected chi connectivity index (χ0v) is 9.14. The normalized spacial score (nSPS) is 10.3. The van der Waals surface area contributed by atoms with Gasteiger partial charge in [-0.05, 0) is 13.3 Å². The summed E-state index contributed by atoms with van der Waals surface area (Å²) in [6, 6.07) is 1.93. The monoisotopic (exact) mass is 218 g/mol. The van der Waals surface area contributed by atoms with E-state index in [4.69, 9.17) is 0 Å². The highest BCUT2D eigenvalue weighted by Crippen LogP contribution is 2.03. The zero-order chi connectivity index (χ0) is 11.2. The van der Waals surface area contributed by atoms with Crippen LogP contribution >= 0.6 is 0 Å². The molecule has 0 saturated carbocycles. The van der Waals surface area contributed by atoms with Crippen molar-refractivity contribution >= 4 is 5.82 Å². The molecule has 0 fully saturated rings. The molecule has 0 saturated heterocycles. The van der Waals surface area contributed by atoms with Gasteiger partial charge in [0.05, 0.1) is 0 Å². The van der Waals surface area contributed by atoms with Crippen molar-refractivity contribution in [3.8, 4) is 0 Å². The first-order valence-corrected chi connectivity index (χ1v) is 5.21. The molecule has 2 rings (SSSR count). The number of aromatic nitrogens is 5. The Balaban J connectivity index is 1.72. The Labute approximate surface area is 93.6 Å². The van der Waals surface area contributed by atoms with Crippen LogP contribution in [-0.2, 0) is 6.42 Å². The van der Waals surface area contributed by atoms with Crippen LogP contribution in [0.4, 0.5) is 5.82 Å². The van der Waals surface area contributed by atoms with Gasteiger partial charge in [0, 0.05) is 24.7 Å². The Morgan fingerprint density at radius 3 is 2.94 bits per heavy atom. The van der Waals surface area contributed by atoms with Gasteiger partial charge in [-0.1, -0.05) is 0 Å². The highest BCUT2D eigenvalue weighted by molar-refractivity contribution is 5.34. The molecule has 0 amide bonds. The van der Waals surface area contributed by atoms with Crippen LogP contribution in [-0.4, -0.2) is 31.7 Å². The number of hydrogen-bond donors (Lipinski definition) is 2. The van der Waals surface area contributed by atoms with Gasteiger partial charge < -0.3 is 5.32 Å². The molecule has 0 aliphatic heterocycles. The average molecular weight is 218 g/mol. The summed E-state index contributed by atoms with van der Waals surface area (Å²) in [5.74, 6) is 1.78. The minimum Gasteiger partial charge on any atom is -0.370 e. The van der Waals surface area contributed by atoms with Crippen LogP contribution in [0.5, 0.6) is 0 Å². The fourth-order valence-corrected chi connectivity index (χ4v) is 1.37. The average Bonchev–Trinajstić information content (AvgIpc) is 2.77. The lowest BCUT2D eigenvalue weighted by molar-refractivity contribution is 0.803. The topological polar surface area (TPSA) is 79.4 Å². The molecular formula is C10H14N6. The summed E-state index contributed by atoms with van der Waals surface area (Å²) >= 11 is 0. The first-order chi connectivity index (χ1) is 7.84. The van der Waals surface area contributed by atoms with Gasteiger partial charge in [0.2, 0.25) is 0 Å². The molecule has 2 N–H and O–H groups in total. The molecular weight excluding hydrogens is 204 g/mol. The molecule has 0 aromatic carbocycles. The molecule has 0 radical (unpaired) electrons. The predicted molar refractivity (Wildman–Crippen MR) is 60.0 cm³/mol. The summed E-state index contributed by atoms with van der Waals surface area (Å²) in [6.07, 6.45) is 4.96. The molecule has 0 spiro atoms. The summed E-state index contributed by atoms with van der Waals surface area (Å²) in [7, 11) is 0. The molecule has 16 heavy (non-hydrogen) atoms. The maximum atomic E-state index is 4.12. The smallest absolute Gasteiger partial charge is 0.137 e. The van der Waals surface area contributed by atoms with Crippen molar-refractivity contribution in [2.75, 3.05) is 11.9 Å². The van der Waals surface area contributed by atoms with Crippen molar-refractivity contribution in [3.05, 3.63) is 30.2 Å². The highest BCUT2D eigenvalue weighted by atomic mass is 15.2. The minimum absolute atomic E-state index is 0.858. The van der Waals surface area contributed by atoms with Crippen LogP contribution in [0.2, 0.25) is 0 Å². The van der Waals surface area contributed by atoms with Crippen LogP contribution in [0.1, 0.15) is 17.9 Å². The van der Waals surface area contributed by atoms with Gasteiger partial charge in [0.25, 0.3) is 0 Å². The molecule has 0 bridgehead atoms. The fourth-order valence-electron chi connectivity index (χ4n) is 1.37. The SMILES string of the molecule is Cc1cc(NCCCc2ncn[nH]2)ncn1. The number of nitrogens with one attached hydrogen (secondary N) is 2. The van der Waals surface area contributed by atoms with E-state index in [1.807, 2.05) is 13.0 Å². The number of aryl methyl sites for hydroxylation is 2. The Hall–Kier alpha value is -1.98. The van der Waals surface area contributed by atoms with Crippen LogP contribution in [0, 0.1) is 6.92 Å². The van der Waals surface area contributed by atoms with E-state index in [-0.39, 0.29) is 0 Å². The Kier molecular flexibility index (Phi) is 3.42. The molecule has 6 nitrogen and oxygen atoms in total. The third kappa shape index (κ3) is 3.01. The molecule has 2 aromatic heterocycles. The Bertz CT molecular complexity index is 425. The van der Waals surface area contributed by atoms with E-state index in [0.717, 1.165) is 36.7 Å². The number of hydrogen-bond acceptors (Lipinski definition) is 5. The molecule has 2 heterocycles. The maximum absolute atomic E-state index is 4.12. The number of nitrogens with zero attached hydrogens (tertiary/aromatic N) is 4. The number of H-pyrrole nitrogens is 1. The Morgan fingerprint density at radius 2 is 2.19 bits per heavy atom. The van der Waals surface area contributed by atoms with Crippen LogP contribution in [0.25, 0.3) is 0 Å². The lowest BCUT2D eigenvalue weighted by atomic mass is 10.3. The van der Waals surface area contributed by atoms with E-state index in [0.29, 0.717) is 0 Å². The molecule has 0 atom stereocenters. The summed E-state index contributed by atoms with van der Waals surface area (Å²) in [5.41, 5.74) is 0.965. The van der Waals surface area contributed by atoms with Crippen molar-refractivity contribution < 1.29 is 0 Å². The fraction of sp³-hybridized carbons (Fsp3) is 0.400. The molecule has 0 aliphatic carbocycles. The second-order valence-corrected chi connectivity index (χ2v) is 3.51. The first kappa shape index (κ1) is 10.5. The number of rotatable bonds is 5. The van der Waals surface area contributed by atoms with E-state index >= 15 is 0 Å². The van der Waals surface area contributed by atoms with Crippen LogP contribution in [0.15, 0.2) is 18.7 Å². The van der Waals surface area contributed by atoms with Crippen molar-refractivity contribution in [2.45, 2.75) is 19.8 Å². The lowest BCUT2D eigenvalue weighted by Gasteiger charge is -2.04. The lowest BCUT2D eigenvalue weighted by Crippen LogP contribution is -2.05. The first-order valence-electron chi connectivity index (χ1n) is 5.21. The number of anilines is 1. The van der Waals surface area contributed by atoms with Crippen LogP contribution in [0.3, 0.4) is 0 Å². The number of aromatic amines is 1. The molecule has 0 unspecified atom stereocenters. The van der Waals surface area contributed by atoms with E-state index in [1.54, 1.807) is 6.33 Å². The molecule has 6 heteroatoms. The summed E-state index contributed by atoms with van der Waals surface area (Å²) in [5, 5.41) is 9.86. The second kappa shape index (κ2) is 5.20. The van der Waals surface area contributed by atoms with E-state index in [2.05, 4.69) is 30.5 Å². The largest absolute Gasteiger partial charge is 0.370 e. The Morgan fingerprint density at radius 1 is 1.25 bits per heavy atom. The highest BCUT2D eigenvalue weighted by Gasteiger charge is 1.97. The minimum atomic E-state index is 0.858. The van der Waals surface area contributed by atoms with Crippen molar-refractivity contribution in [2.24, 2.45) is 0 Å². The third-order valence-electron chi connectivity index (χ3n) is 2.17. The van der Waals surface area contributed by atoms with Crippen molar-refractivity contribution in [1.82, 2.24) is 25.1 Å². The van der Waals surface area contributed by atoms with Gasteiger partial charge in [-0.2, -0.15) is 5.10 Å². The van der Waals surface area contributed by atoms with E-state index < -0.39 is 0 Å². The van der Waals surface area contributed by atoms with Crippen molar-refractivity contribution in [3.63, 3.8) is 0 Å². The van der Waals surface area contributed by atoms with Gasteiger partial charge in [0.1, 0.15) is 24.3 Å². The van der Waals surface area contributed by atoms with Gasteiger partial charge >= 0.3 is 0 Å². The zero-order valence-electron chi connectivity index (χ0n) is 9.14. The second-order valence-electron chi connectivity index (χ2n) is 3.51. The predicted octanol–water partition coefficient (Wildman–Crippen LogP) is 0.948. The van der Waals surface area contributed by atoms with Gasteiger partial charge in [-0.3, -0.25) is 5.10 Å². The van der Waals surface area contributed by atoms with Crippen LogP contribution < -0.4 is 5.32 Å². The quantitative estimate of drug-likeness (QED) is 0.730. The molecule has 0 aliphatic rings. The molecule has 84 valence electrons. The standard InChI is InChI=1S/C10H14N6/c1-8-5-10(13-6-12-8)11-4-2-3-9-14-7-15-16-9/h5-7H,2-4H2,1H3,(H,11,12,13)(H,14,15,16). The van der Waals surface area contributed by atoms with E-state index in [1.165, 1.54) is 6.33 Å². The molecule has 2 aromatic rings. The van der Waals surface area contributed by atoms with Gasteiger partial charge in [-0.15, -0.1) is 0 Å². The third-order valence-corrected chi connectivity index (χ3v) is 2.17. The summed E-state index contributed by atoms with van der Waals surface area (Å²) in [4.78, 5) is 12.2. The summed E-state index contributed by atoms with van der Waals surface area (Å²) < 4.78 is 0. The van der Waals surface area contributed by atoms with Gasteiger partial charge in [0.15, 0.2) is 0 Å². The van der Waals surface area contributed by atoms with E-state index in [9.17, 15) is 0 Å². The van der Waals surface area contributed by atoms with Crippen molar-refractivity contribution in [1.29, 1.82) is 0 Å².